The van der Waals surface area contributed by atoms with Crippen LogP contribution in [0.25, 0.3) is 0 Å². The molecule has 0 aromatic heterocycles. The summed E-state index contributed by atoms with van der Waals surface area (Å²) in [6, 6.07) is 5.87. The Morgan fingerprint density at radius 2 is 2.00 bits per heavy atom. The average molecular weight is 268 g/mol. The van der Waals surface area contributed by atoms with Crippen molar-refractivity contribution in [2.75, 3.05) is 13.7 Å². The van der Waals surface area contributed by atoms with Gasteiger partial charge in [0.05, 0.1) is 7.11 Å². The van der Waals surface area contributed by atoms with Crippen molar-refractivity contribution < 1.29 is 4.74 Å². The SMILES string of the molecule is COc1ccc(Cl)cc1CC1CCCCC1CN. The minimum Gasteiger partial charge on any atom is -0.496 e. The first-order valence-corrected chi connectivity index (χ1v) is 7.15. The summed E-state index contributed by atoms with van der Waals surface area (Å²) in [5, 5.41) is 0.783. The number of halogens is 1. The monoisotopic (exact) mass is 267 g/mol. The summed E-state index contributed by atoms with van der Waals surface area (Å²) in [5.41, 5.74) is 7.11. The van der Waals surface area contributed by atoms with E-state index in [0.29, 0.717) is 11.8 Å². The first-order chi connectivity index (χ1) is 8.74. The molecule has 1 saturated carbocycles. The molecule has 1 aliphatic carbocycles. The second-order valence-corrected chi connectivity index (χ2v) is 5.64. The van der Waals surface area contributed by atoms with Crippen LogP contribution >= 0.6 is 11.6 Å². The van der Waals surface area contributed by atoms with Crippen LogP contribution in [0.2, 0.25) is 5.02 Å². The Labute approximate surface area is 114 Å². The van der Waals surface area contributed by atoms with Crippen LogP contribution in [0.5, 0.6) is 5.75 Å². The van der Waals surface area contributed by atoms with Gasteiger partial charge in [-0.3, -0.25) is 0 Å². The van der Waals surface area contributed by atoms with Crippen molar-refractivity contribution in [2.24, 2.45) is 17.6 Å². The highest BCUT2D eigenvalue weighted by atomic mass is 35.5. The van der Waals surface area contributed by atoms with E-state index in [4.69, 9.17) is 22.1 Å². The van der Waals surface area contributed by atoms with Crippen LogP contribution in [0.1, 0.15) is 31.2 Å². The third-order valence-electron chi connectivity index (χ3n) is 4.09. The zero-order valence-corrected chi connectivity index (χ0v) is 11.7. The number of methoxy groups -OCH3 is 1. The van der Waals surface area contributed by atoms with Crippen LogP contribution in [0.15, 0.2) is 18.2 Å². The molecular weight excluding hydrogens is 246 g/mol. The van der Waals surface area contributed by atoms with Gasteiger partial charge >= 0.3 is 0 Å². The van der Waals surface area contributed by atoms with Gasteiger partial charge in [-0.1, -0.05) is 24.4 Å². The predicted molar refractivity (Wildman–Crippen MR) is 76.2 cm³/mol. The maximum absolute atomic E-state index is 6.08. The van der Waals surface area contributed by atoms with Crippen LogP contribution in [0.4, 0.5) is 0 Å². The lowest BCUT2D eigenvalue weighted by Gasteiger charge is -2.31. The molecule has 0 aliphatic heterocycles. The Bertz CT molecular complexity index is 394. The highest BCUT2D eigenvalue weighted by Crippen LogP contribution is 2.34. The van der Waals surface area contributed by atoms with Crippen molar-refractivity contribution in [3.8, 4) is 5.75 Å². The van der Waals surface area contributed by atoms with Gasteiger partial charge in [-0.2, -0.15) is 0 Å². The molecule has 1 aromatic carbocycles. The molecule has 3 heteroatoms. The van der Waals surface area contributed by atoms with E-state index in [1.165, 1.54) is 31.2 Å². The summed E-state index contributed by atoms with van der Waals surface area (Å²) in [5.74, 6) is 2.28. The zero-order valence-electron chi connectivity index (χ0n) is 11.0. The molecular formula is C15H22ClNO. The summed E-state index contributed by atoms with van der Waals surface area (Å²) in [6.45, 7) is 0.799. The van der Waals surface area contributed by atoms with Crippen molar-refractivity contribution in [1.82, 2.24) is 0 Å². The second-order valence-electron chi connectivity index (χ2n) is 5.20. The summed E-state index contributed by atoms with van der Waals surface area (Å²) in [6.07, 6.45) is 6.22. The molecule has 1 fully saturated rings. The van der Waals surface area contributed by atoms with Crippen LogP contribution < -0.4 is 10.5 Å². The molecule has 2 N–H and O–H groups in total. The fourth-order valence-electron chi connectivity index (χ4n) is 3.05. The van der Waals surface area contributed by atoms with Crippen molar-refractivity contribution in [1.29, 1.82) is 0 Å². The van der Waals surface area contributed by atoms with Crippen molar-refractivity contribution in [3.05, 3.63) is 28.8 Å². The maximum atomic E-state index is 6.08. The summed E-state index contributed by atoms with van der Waals surface area (Å²) < 4.78 is 5.42. The van der Waals surface area contributed by atoms with Gasteiger partial charge in [0.1, 0.15) is 5.75 Å². The van der Waals surface area contributed by atoms with Gasteiger partial charge in [0.15, 0.2) is 0 Å². The molecule has 0 amide bonds. The van der Waals surface area contributed by atoms with E-state index in [2.05, 4.69) is 0 Å². The molecule has 0 radical (unpaired) electrons. The van der Waals surface area contributed by atoms with Crippen LogP contribution in [-0.2, 0) is 6.42 Å². The van der Waals surface area contributed by atoms with Crippen LogP contribution in [0, 0.1) is 11.8 Å². The maximum Gasteiger partial charge on any atom is 0.122 e. The molecule has 0 saturated heterocycles. The van der Waals surface area contributed by atoms with Gasteiger partial charge in [-0.25, -0.2) is 0 Å². The standard InChI is InChI=1S/C15H22ClNO/c1-18-15-7-6-14(16)9-13(15)8-11-4-2-3-5-12(11)10-17/h6-7,9,11-12H,2-5,8,10,17H2,1H3. The van der Waals surface area contributed by atoms with E-state index in [-0.39, 0.29) is 0 Å². The van der Waals surface area contributed by atoms with Gasteiger partial charge in [-0.05, 0) is 61.4 Å². The number of benzene rings is 1. The number of hydrogen-bond donors (Lipinski definition) is 1. The first-order valence-electron chi connectivity index (χ1n) is 6.77. The van der Waals surface area contributed by atoms with E-state index >= 15 is 0 Å². The number of ether oxygens (including phenoxy) is 1. The number of hydrogen-bond acceptors (Lipinski definition) is 2. The lowest BCUT2D eigenvalue weighted by molar-refractivity contribution is 0.240. The molecule has 2 unspecified atom stereocenters. The van der Waals surface area contributed by atoms with Gasteiger partial charge in [0, 0.05) is 5.02 Å². The van der Waals surface area contributed by atoms with Crippen molar-refractivity contribution >= 4 is 11.6 Å². The fourth-order valence-corrected chi connectivity index (χ4v) is 3.25. The summed E-state index contributed by atoms with van der Waals surface area (Å²) >= 11 is 6.08. The van der Waals surface area contributed by atoms with Crippen LogP contribution in [0.3, 0.4) is 0 Å². The zero-order chi connectivity index (χ0) is 13.0. The van der Waals surface area contributed by atoms with Gasteiger partial charge in [-0.15, -0.1) is 0 Å². The number of nitrogens with two attached hydrogens (primary N) is 1. The van der Waals surface area contributed by atoms with Gasteiger partial charge < -0.3 is 10.5 Å². The van der Waals surface area contributed by atoms with Gasteiger partial charge in [0.25, 0.3) is 0 Å². The second kappa shape index (κ2) is 6.44. The summed E-state index contributed by atoms with van der Waals surface area (Å²) in [7, 11) is 1.72. The molecule has 2 rings (SSSR count). The Balaban J connectivity index is 2.14. The Hall–Kier alpha value is -0.730. The fraction of sp³-hybridized carbons (Fsp3) is 0.600. The molecule has 18 heavy (non-hydrogen) atoms. The third kappa shape index (κ3) is 3.18. The highest BCUT2D eigenvalue weighted by Gasteiger charge is 2.25. The summed E-state index contributed by atoms with van der Waals surface area (Å²) in [4.78, 5) is 0. The van der Waals surface area contributed by atoms with Crippen LogP contribution in [-0.4, -0.2) is 13.7 Å². The molecule has 2 nitrogen and oxygen atoms in total. The first kappa shape index (κ1) is 13.7. The smallest absolute Gasteiger partial charge is 0.122 e. The van der Waals surface area contributed by atoms with Crippen molar-refractivity contribution in [3.63, 3.8) is 0 Å². The third-order valence-corrected chi connectivity index (χ3v) is 4.33. The van der Waals surface area contributed by atoms with Gasteiger partial charge in [0.2, 0.25) is 0 Å². The Kier molecular flexibility index (Phi) is 4.90. The molecule has 0 spiro atoms. The average Bonchev–Trinajstić information content (AvgIpc) is 2.40. The Morgan fingerprint density at radius 1 is 1.28 bits per heavy atom. The topological polar surface area (TPSA) is 35.2 Å². The van der Waals surface area contributed by atoms with E-state index in [1.54, 1.807) is 7.11 Å². The quantitative estimate of drug-likeness (QED) is 0.904. The predicted octanol–water partition coefficient (Wildman–Crippen LogP) is 3.66. The molecule has 0 heterocycles. The van der Waals surface area contributed by atoms with E-state index < -0.39 is 0 Å². The highest BCUT2D eigenvalue weighted by molar-refractivity contribution is 6.30. The molecule has 100 valence electrons. The molecule has 2 atom stereocenters. The van der Waals surface area contributed by atoms with E-state index in [1.807, 2.05) is 18.2 Å². The lowest BCUT2D eigenvalue weighted by Crippen LogP contribution is -2.28. The van der Waals surface area contributed by atoms with E-state index in [9.17, 15) is 0 Å². The molecule has 1 aromatic rings. The van der Waals surface area contributed by atoms with E-state index in [0.717, 1.165) is 23.7 Å². The lowest BCUT2D eigenvalue weighted by atomic mass is 9.76. The molecule has 1 aliphatic rings. The largest absolute Gasteiger partial charge is 0.496 e. The minimum absolute atomic E-state index is 0.655. The Morgan fingerprint density at radius 3 is 2.67 bits per heavy atom. The number of rotatable bonds is 4. The normalized spacial score (nSPS) is 23.9. The van der Waals surface area contributed by atoms with Crippen molar-refractivity contribution in [2.45, 2.75) is 32.1 Å². The minimum atomic E-state index is 0.655. The molecule has 0 bridgehead atoms.